The lowest BCUT2D eigenvalue weighted by molar-refractivity contribution is -0.379. The predicted octanol–water partition coefficient (Wildman–Crippen LogP) is 3.38. The summed E-state index contributed by atoms with van der Waals surface area (Å²) in [6.07, 6.45) is 4.23. The predicted molar refractivity (Wildman–Crippen MR) is 74.0 cm³/mol. The van der Waals surface area contributed by atoms with Crippen LogP contribution in [0.25, 0.3) is 10.9 Å². The number of fused-ring (bicyclic) bond motifs is 3. The summed E-state index contributed by atoms with van der Waals surface area (Å²) in [6, 6.07) is 5.08. The van der Waals surface area contributed by atoms with Crippen molar-refractivity contribution in [1.82, 2.24) is 4.57 Å². The van der Waals surface area contributed by atoms with Gasteiger partial charge in [-0.3, -0.25) is 0 Å². The number of halogens is 1. The van der Waals surface area contributed by atoms with Crippen molar-refractivity contribution in [2.24, 2.45) is 0 Å². The van der Waals surface area contributed by atoms with Crippen molar-refractivity contribution < 1.29 is 13.9 Å². The Labute approximate surface area is 117 Å². The fourth-order valence-electron chi connectivity index (χ4n) is 3.49. The standard InChI is InChI=1S/C16H18FNO2/c1-10-19-16(20-10)9-18-14-5-3-2-4-12(14)13-8-11(17)6-7-15(13)18/h6-8,10,16H,2-5,9H2,1H3. The molecule has 4 heteroatoms. The highest BCUT2D eigenvalue weighted by molar-refractivity contribution is 5.86. The van der Waals surface area contributed by atoms with Gasteiger partial charge >= 0.3 is 0 Å². The Morgan fingerprint density at radius 2 is 2.05 bits per heavy atom. The first-order chi connectivity index (χ1) is 9.72. The van der Waals surface area contributed by atoms with Gasteiger partial charge in [0.2, 0.25) is 0 Å². The second-order valence-corrected chi connectivity index (χ2v) is 5.67. The summed E-state index contributed by atoms with van der Waals surface area (Å²) in [5.74, 6) is -0.159. The summed E-state index contributed by atoms with van der Waals surface area (Å²) in [6.45, 7) is 2.59. The van der Waals surface area contributed by atoms with E-state index in [1.807, 2.05) is 13.0 Å². The monoisotopic (exact) mass is 275 g/mol. The van der Waals surface area contributed by atoms with E-state index in [0.717, 1.165) is 23.7 Å². The molecule has 2 aromatic rings. The highest BCUT2D eigenvalue weighted by Crippen LogP contribution is 2.33. The summed E-state index contributed by atoms with van der Waals surface area (Å²) < 4.78 is 26.9. The molecule has 106 valence electrons. The Morgan fingerprint density at radius 1 is 1.25 bits per heavy atom. The van der Waals surface area contributed by atoms with E-state index >= 15 is 0 Å². The highest BCUT2D eigenvalue weighted by Gasteiger charge is 2.29. The van der Waals surface area contributed by atoms with Gasteiger partial charge in [0.25, 0.3) is 0 Å². The minimum atomic E-state index is -0.170. The maximum absolute atomic E-state index is 13.5. The molecule has 2 heterocycles. The summed E-state index contributed by atoms with van der Waals surface area (Å²) in [5, 5.41) is 1.06. The molecule has 0 unspecified atom stereocenters. The maximum atomic E-state index is 13.5. The van der Waals surface area contributed by atoms with E-state index in [0.29, 0.717) is 6.54 Å². The van der Waals surface area contributed by atoms with Crippen LogP contribution < -0.4 is 0 Å². The quantitative estimate of drug-likeness (QED) is 0.838. The lowest BCUT2D eigenvalue weighted by Crippen LogP contribution is -2.41. The molecule has 1 aromatic carbocycles. The second kappa shape index (κ2) is 4.57. The minimum absolute atomic E-state index is 0.102. The number of rotatable bonds is 2. The van der Waals surface area contributed by atoms with Crippen LogP contribution in [0.5, 0.6) is 0 Å². The van der Waals surface area contributed by atoms with Gasteiger partial charge in [-0.15, -0.1) is 0 Å². The Balaban J connectivity index is 1.81. The van der Waals surface area contributed by atoms with Crippen molar-refractivity contribution in [1.29, 1.82) is 0 Å². The molecule has 1 aliphatic heterocycles. The lowest BCUT2D eigenvalue weighted by Gasteiger charge is -2.34. The Hall–Kier alpha value is -1.39. The number of aromatic nitrogens is 1. The molecule has 2 aliphatic rings. The molecule has 3 nitrogen and oxygen atoms in total. The van der Waals surface area contributed by atoms with Gasteiger partial charge in [-0.25, -0.2) is 4.39 Å². The molecule has 4 rings (SSSR count). The molecular formula is C16H18FNO2. The van der Waals surface area contributed by atoms with E-state index in [-0.39, 0.29) is 18.4 Å². The molecule has 1 saturated heterocycles. The zero-order chi connectivity index (χ0) is 13.7. The first-order valence-electron chi connectivity index (χ1n) is 7.33. The van der Waals surface area contributed by atoms with E-state index in [9.17, 15) is 4.39 Å². The van der Waals surface area contributed by atoms with Crippen molar-refractivity contribution in [2.75, 3.05) is 0 Å². The molecule has 0 radical (unpaired) electrons. The highest BCUT2D eigenvalue weighted by atomic mass is 19.1. The molecule has 20 heavy (non-hydrogen) atoms. The van der Waals surface area contributed by atoms with Gasteiger partial charge < -0.3 is 14.0 Å². The fraction of sp³-hybridized carbons (Fsp3) is 0.500. The van der Waals surface area contributed by atoms with Crippen LogP contribution in [0, 0.1) is 5.82 Å². The van der Waals surface area contributed by atoms with E-state index < -0.39 is 0 Å². The third kappa shape index (κ3) is 1.86. The van der Waals surface area contributed by atoms with Crippen LogP contribution in [0.15, 0.2) is 18.2 Å². The molecule has 1 fully saturated rings. The van der Waals surface area contributed by atoms with Gasteiger partial charge in [-0.1, -0.05) is 0 Å². The molecule has 0 saturated carbocycles. The number of ether oxygens (including phenoxy) is 2. The summed E-state index contributed by atoms with van der Waals surface area (Å²) in [4.78, 5) is 0. The van der Waals surface area contributed by atoms with Gasteiger partial charge in [-0.2, -0.15) is 0 Å². The van der Waals surface area contributed by atoms with Crippen LogP contribution in [0.1, 0.15) is 31.0 Å². The summed E-state index contributed by atoms with van der Waals surface area (Å²) >= 11 is 0. The van der Waals surface area contributed by atoms with Crippen LogP contribution in [0.3, 0.4) is 0 Å². The molecule has 0 amide bonds. The maximum Gasteiger partial charge on any atom is 0.181 e. The fourth-order valence-corrected chi connectivity index (χ4v) is 3.49. The van der Waals surface area contributed by atoms with Crippen molar-refractivity contribution in [3.8, 4) is 0 Å². The van der Waals surface area contributed by atoms with Crippen LogP contribution in [-0.2, 0) is 28.9 Å². The summed E-state index contributed by atoms with van der Waals surface area (Å²) in [7, 11) is 0. The van der Waals surface area contributed by atoms with Gasteiger partial charge in [0.05, 0.1) is 6.54 Å². The van der Waals surface area contributed by atoms with E-state index in [1.165, 1.54) is 30.2 Å². The number of benzene rings is 1. The SMILES string of the molecule is CC1OC(Cn2c3c(c4cc(F)ccc42)CCCC3)O1. The second-order valence-electron chi connectivity index (χ2n) is 5.67. The van der Waals surface area contributed by atoms with Crippen LogP contribution in [0.2, 0.25) is 0 Å². The topological polar surface area (TPSA) is 23.4 Å². The normalized spacial score (nSPS) is 25.5. The van der Waals surface area contributed by atoms with Crippen molar-refractivity contribution in [3.05, 3.63) is 35.3 Å². The van der Waals surface area contributed by atoms with E-state index in [1.54, 1.807) is 6.07 Å². The molecular weight excluding hydrogens is 257 g/mol. The van der Waals surface area contributed by atoms with Crippen LogP contribution in [-0.4, -0.2) is 17.1 Å². The Kier molecular flexibility index (Phi) is 2.82. The van der Waals surface area contributed by atoms with E-state index in [4.69, 9.17) is 9.47 Å². The average Bonchev–Trinajstić information content (AvgIpc) is 2.72. The number of hydrogen-bond acceptors (Lipinski definition) is 2. The zero-order valence-corrected chi connectivity index (χ0v) is 11.6. The molecule has 0 atom stereocenters. The number of hydrogen-bond donors (Lipinski definition) is 0. The Morgan fingerprint density at radius 3 is 2.85 bits per heavy atom. The zero-order valence-electron chi connectivity index (χ0n) is 11.6. The molecule has 1 aliphatic carbocycles. The summed E-state index contributed by atoms with van der Waals surface area (Å²) in [5.41, 5.74) is 3.76. The number of aryl methyl sites for hydroxylation is 1. The molecule has 0 spiro atoms. The first kappa shape index (κ1) is 12.4. The van der Waals surface area contributed by atoms with E-state index in [2.05, 4.69) is 4.57 Å². The average molecular weight is 275 g/mol. The molecule has 1 aromatic heterocycles. The van der Waals surface area contributed by atoms with Crippen LogP contribution in [0.4, 0.5) is 4.39 Å². The van der Waals surface area contributed by atoms with Gasteiger partial charge in [0, 0.05) is 16.6 Å². The molecule has 0 N–H and O–H groups in total. The largest absolute Gasteiger partial charge is 0.339 e. The minimum Gasteiger partial charge on any atom is -0.339 e. The third-order valence-corrected chi connectivity index (χ3v) is 4.36. The Bertz CT molecular complexity index is 658. The van der Waals surface area contributed by atoms with Crippen molar-refractivity contribution in [3.63, 3.8) is 0 Å². The number of nitrogens with zero attached hydrogens (tertiary/aromatic N) is 1. The van der Waals surface area contributed by atoms with Crippen LogP contribution >= 0.6 is 0 Å². The smallest absolute Gasteiger partial charge is 0.181 e. The van der Waals surface area contributed by atoms with Gasteiger partial charge in [0.1, 0.15) is 5.82 Å². The lowest BCUT2D eigenvalue weighted by atomic mass is 9.95. The van der Waals surface area contributed by atoms with Crippen molar-refractivity contribution >= 4 is 10.9 Å². The van der Waals surface area contributed by atoms with Gasteiger partial charge in [-0.05, 0) is 56.4 Å². The third-order valence-electron chi connectivity index (χ3n) is 4.36. The first-order valence-corrected chi connectivity index (χ1v) is 7.33. The van der Waals surface area contributed by atoms with Gasteiger partial charge in [0.15, 0.2) is 12.6 Å². The van der Waals surface area contributed by atoms with Crippen molar-refractivity contribution in [2.45, 2.75) is 51.7 Å². The molecule has 0 bridgehead atoms.